The van der Waals surface area contributed by atoms with Crippen LogP contribution in [0.4, 0.5) is 17.1 Å². The number of ketones is 1. The number of nitrogens with one attached hydrogen (secondary N) is 1. The molecule has 2 aromatic carbocycles. The molecule has 4 rings (SSSR count). The molecule has 1 heterocycles. The zero-order valence-electron chi connectivity index (χ0n) is 21.9. The van der Waals surface area contributed by atoms with E-state index in [0.717, 1.165) is 66.2 Å². The predicted molar refractivity (Wildman–Crippen MR) is 145 cm³/mol. The quantitative estimate of drug-likeness (QED) is 0.477. The number of carbonyl (C=O) groups is 2. The smallest absolute Gasteiger partial charge is 0.227 e. The second-order valence-electron chi connectivity index (χ2n) is 10.5. The molecule has 0 saturated heterocycles. The van der Waals surface area contributed by atoms with E-state index in [4.69, 9.17) is 0 Å². The van der Waals surface area contributed by atoms with Gasteiger partial charge in [0.15, 0.2) is 5.78 Å². The van der Waals surface area contributed by atoms with E-state index in [1.807, 2.05) is 29.2 Å². The minimum atomic E-state index is -0.445. The number of rotatable bonds is 7. The van der Waals surface area contributed by atoms with Crippen molar-refractivity contribution < 1.29 is 9.59 Å². The Labute approximate surface area is 210 Å². The lowest BCUT2D eigenvalue weighted by Crippen LogP contribution is -2.39. The van der Waals surface area contributed by atoms with Crippen LogP contribution in [0.25, 0.3) is 0 Å². The van der Waals surface area contributed by atoms with Crippen LogP contribution in [-0.4, -0.2) is 24.8 Å². The van der Waals surface area contributed by atoms with E-state index in [0.29, 0.717) is 12.8 Å². The van der Waals surface area contributed by atoms with E-state index in [2.05, 4.69) is 69.1 Å². The topological polar surface area (TPSA) is 52.7 Å². The molecule has 0 aromatic heterocycles. The molecule has 1 aliphatic heterocycles. The van der Waals surface area contributed by atoms with E-state index in [9.17, 15) is 9.59 Å². The molecule has 1 aliphatic carbocycles. The standard InChI is InChI=1S/C30H39N3O2/c1-6-9-14-27(35)33-25-13-11-10-12-23(25)31-24-19-30(4,5)20-26(34)28(24)29(33)21-15-17-22(18-16-21)32(7-2)8-3/h10-13,15-18,29,31H,6-9,14,19-20H2,1-5H3/t29-/m0/s1. The average molecular weight is 474 g/mol. The summed E-state index contributed by atoms with van der Waals surface area (Å²) in [7, 11) is 0. The van der Waals surface area contributed by atoms with E-state index in [-0.39, 0.29) is 17.1 Å². The third kappa shape index (κ3) is 5.00. The fourth-order valence-electron chi connectivity index (χ4n) is 5.48. The lowest BCUT2D eigenvalue weighted by molar-refractivity contribution is -0.119. The Kier molecular flexibility index (Phi) is 7.34. The molecule has 1 amide bonds. The van der Waals surface area contributed by atoms with Crippen molar-refractivity contribution in [1.29, 1.82) is 0 Å². The van der Waals surface area contributed by atoms with Gasteiger partial charge < -0.3 is 10.2 Å². The highest BCUT2D eigenvalue weighted by Crippen LogP contribution is 2.48. The highest BCUT2D eigenvalue weighted by molar-refractivity contribution is 6.06. The maximum Gasteiger partial charge on any atom is 0.227 e. The maximum absolute atomic E-state index is 13.8. The second-order valence-corrected chi connectivity index (χ2v) is 10.5. The number of benzene rings is 2. The molecular formula is C30H39N3O2. The fraction of sp³-hybridized carbons (Fsp3) is 0.467. The average Bonchev–Trinajstić information content (AvgIpc) is 2.97. The van der Waals surface area contributed by atoms with Crippen molar-refractivity contribution in [3.63, 3.8) is 0 Å². The highest BCUT2D eigenvalue weighted by atomic mass is 16.2. The van der Waals surface area contributed by atoms with Gasteiger partial charge in [0, 0.05) is 42.9 Å². The lowest BCUT2D eigenvalue weighted by Gasteiger charge is -2.37. The molecule has 0 radical (unpaired) electrons. The number of amides is 1. The molecule has 1 N–H and O–H groups in total. The predicted octanol–water partition coefficient (Wildman–Crippen LogP) is 6.87. The Morgan fingerprint density at radius 1 is 1.03 bits per heavy atom. The molecule has 186 valence electrons. The molecular weight excluding hydrogens is 434 g/mol. The number of allylic oxidation sites excluding steroid dienone is 1. The Hall–Kier alpha value is -3.08. The molecule has 2 aliphatic rings. The fourth-order valence-corrected chi connectivity index (χ4v) is 5.48. The van der Waals surface area contributed by atoms with Crippen LogP contribution >= 0.6 is 0 Å². The van der Waals surface area contributed by atoms with Crippen molar-refractivity contribution in [3.05, 3.63) is 65.4 Å². The van der Waals surface area contributed by atoms with Crippen LogP contribution in [0.5, 0.6) is 0 Å². The summed E-state index contributed by atoms with van der Waals surface area (Å²) in [5.74, 6) is 0.188. The van der Waals surface area contributed by atoms with Crippen LogP contribution in [-0.2, 0) is 9.59 Å². The first-order valence-corrected chi connectivity index (χ1v) is 13.1. The number of unbranched alkanes of at least 4 members (excludes halogenated alkanes) is 1. The number of para-hydroxylation sites is 2. The molecule has 5 heteroatoms. The summed E-state index contributed by atoms with van der Waals surface area (Å²) in [6.07, 6.45) is 3.48. The number of hydrogen-bond donors (Lipinski definition) is 1. The first-order valence-electron chi connectivity index (χ1n) is 13.1. The van der Waals surface area contributed by atoms with E-state index >= 15 is 0 Å². The number of anilines is 3. The third-order valence-corrected chi connectivity index (χ3v) is 7.25. The summed E-state index contributed by atoms with van der Waals surface area (Å²) >= 11 is 0. The molecule has 0 unspecified atom stereocenters. The molecule has 0 fully saturated rings. The van der Waals surface area contributed by atoms with Gasteiger partial charge in [-0.15, -0.1) is 0 Å². The Morgan fingerprint density at radius 2 is 1.71 bits per heavy atom. The van der Waals surface area contributed by atoms with Crippen LogP contribution in [0.1, 0.15) is 78.3 Å². The van der Waals surface area contributed by atoms with Gasteiger partial charge in [0.25, 0.3) is 0 Å². The summed E-state index contributed by atoms with van der Waals surface area (Å²) < 4.78 is 0. The maximum atomic E-state index is 13.8. The molecule has 35 heavy (non-hydrogen) atoms. The Morgan fingerprint density at radius 3 is 2.37 bits per heavy atom. The van der Waals surface area contributed by atoms with Gasteiger partial charge in [0.1, 0.15) is 0 Å². The first-order chi connectivity index (χ1) is 16.8. The number of hydrogen-bond acceptors (Lipinski definition) is 4. The van der Waals surface area contributed by atoms with Crippen molar-refractivity contribution in [2.45, 2.75) is 72.8 Å². The number of nitrogens with zero attached hydrogens (tertiary/aromatic N) is 2. The summed E-state index contributed by atoms with van der Waals surface area (Å²) in [5, 5.41) is 3.59. The zero-order valence-corrected chi connectivity index (χ0v) is 21.9. The molecule has 0 saturated carbocycles. The Bertz CT molecular complexity index is 1110. The van der Waals surface area contributed by atoms with Gasteiger partial charge in [-0.05, 0) is 61.9 Å². The van der Waals surface area contributed by atoms with Gasteiger partial charge in [0.05, 0.1) is 17.4 Å². The first kappa shape index (κ1) is 25.0. The van der Waals surface area contributed by atoms with Gasteiger partial charge in [-0.25, -0.2) is 0 Å². The van der Waals surface area contributed by atoms with Crippen LogP contribution in [0.15, 0.2) is 59.8 Å². The van der Waals surface area contributed by atoms with Gasteiger partial charge in [-0.1, -0.05) is 51.5 Å². The van der Waals surface area contributed by atoms with Crippen LogP contribution < -0.4 is 15.1 Å². The monoisotopic (exact) mass is 473 g/mol. The SMILES string of the molecule is CCCCC(=O)N1c2ccccc2NC2=C(C(=O)CC(C)(C)C2)[C@@H]1c1ccc(N(CC)CC)cc1. The van der Waals surface area contributed by atoms with E-state index in [1.54, 1.807) is 0 Å². The van der Waals surface area contributed by atoms with Crippen LogP contribution in [0, 0.1) is 5.41 Å². The number of carbonyl (C=O) groups excluding carboxylic acids is 2. The largest absolute Gasteiger partial charge is 0.372 e. The second kappa shape index (κ2) is 10.3. The van der Waals surface area contributed by atoms with Crippen molar-refractivity contribution in [1.82, 2.24) is 0 Å². The van der Waals surface area contributed by atoms with E-state index in [1.165, 1.54) is 0 Å². The van der Waals surface area contributed by atoms with Gasteiger partial charge in [-0.2, -0.15) is 0 Å². The van der Waals surface area contributed by atoms with Crippen molar-refractivity contribution in [2.24, 2.45) is 5.41 Å². The van der Waals surface area contributed by atoms with Crippen LogP contribution in [0.2, 0.25) is 0 Å². The number of Topliss-reactive ketones (excluding diaryl/α,β-unsaturated/α-hetero) is 1. The van der Waals surface area contributed by atoms with Crippen LogP contribution in [0.3, 0.4) is 0 Å². The molecule has 0 spiro atoms. The minimum Gasteiger partial charge on any atom is -0.372 e. The van der Waals surface area contributed by atoms with Crippen molar-refractivity contribution >= 4 is 28.8 Å². The van der Waals surface area contributed by atoms with Crippen molar-refractivity contribution in [2.75, 3.05) is 28.2 Å². The number of fused-ring (bicyclic) bond motifs is 1. The Balaban J connectivity index is 1.91. The van der Waals surface area contributed by atoms with Gasteiger partial charge >= 0.3 is 0 Å². The van der Waals surface area contributed by atoms with E-state index < -0.39 is 6.04 Å². The zero-order chi connectivity index (χ0) is 25.2. The summed E-state index contributed by atoms with van der Waals surface area (Å²) in [6.45, 7) is 12.6. The molecule has 1 atom stereocenters. The lowest BCUT2D eigenvalue weighted by atomic mass is 9.73. The summed E-state index contributed by atoms with van der Waals surface area (Å²) in [6, 6.07) is 16.0. The van der Waals surface area contributed by atoms with Crippen molar-refractivity contribution in [3.8, 4) is 0 Å². The highest BCUT2D eigenvalue weighted by Gasteiger charge is 2.43. The third-order valence-electron chi connectivity index (χ3n) is 7.25. The molecule has 5 nitrogen and oxygen atoms in total. The minimum absolute atomic E-state index is 0.0605. The molecule has 0 bridgehead atoms. The summed E-state index contributed by atoms with van der Waals surface area (Å²) in [5.41, 5.74) is 5.41. The summed E-state index contributed by atoms with van der Waals surface area (Å²) in [4.78, 5) is 31.7. The van der Waals surface area contributed by atoms with Gasteiger partial charge in [-0.3, -0.25) is 14.5 Å². The van der Waals surface area contributed by atoms with Gasteiger partial charge in [0.2, 0.25) is 5.91 Å². The molecule has 2 aromatic rings. The normalized spacial score (nSPS) is 18.9.